The van der Waals surface area contributed by atoms with Gasteiger partial charge in [0.15, 0.2) is 0 Å². The number of hydrogen-bond acceptors (Lipinski definition) is 3. The summed E-state index contributed by atoms with van der Waals surface area (Å²) < 4.78 is 0. The Balaban J connectivity index is 2.01. The summed E-state index contributed by atoms with van der Waals surface area (Å²) in [5, 5.41) is 3.52. The first-order chi connectivity index (χ1) is 8.63. The Morgan fingerprint density at radius 3 is 2.78 bits per heavy atom. The smallest absolute Gasteiger partial charge is 0.229 e. The molecule has 18 heavy (non-hydrogen) atoms. The maximum absolute atomic E-state index is 11.7. The van der Waals surface area contributed by atoms with Gasteiger partial charge >= 0.3 is 0 Å². The molecule has 0 spiro atoms. The van der Waals surface area contributed by atoms with Crippen molar-refractivity contribution in [3.05, 3.63) is 52.4 Å². The molecule has 2 aromatic rings. The zero-order chi connectivity index (χ0) is 13.0. The highest BCUT2D eigenvalue weighted by Crippen LogP contribution is 2.12. The van der Waals surface area contributed by atoms with Gasteiger partial charge in [-0.1, -0.05) is 35.3 Å². The number of nitrogens with one attached hydrogen (secondary N) is 1. The first-order valence-corrected chi connectivity index (χ1v) is 5.91. The molecule has 1 amide bonds. The highest BCUT2D eigenvalue weighted by Gasteiger charge is 2.05. The molecule has 0 radical (unpaired) electrons. The molecule has 0 saturated heterocycles. The largest absolute Gasteiger partial charge is 0.310 e. The highest BCUT2D eigenvalue weighted by molar-refractivity contribution is 6.30. The van der Waals surface area contributed by atoms with Crippen LogP contribution >= 0.6 is 23.2 Å². The third-order valence-corrected chi connectivity index (χ3v) is 2.60. The molecule has 0 unspecified atom stereocenters. The SMILES string of the molecule is O=C(Cc1cccc(Cl)c1)Nc1cc(Cl)ncn1. The van der Waals surface area contributed by atoms with Crippen LogP contribution < -0.4 is 5.32 Å². The van der Waals surface area contributed by atoms with Gasteiger partial charge in [0, 0.05) is 11.1 Å². The molecule has 0 fully saturated rings. The lowest BCUT2D eigenvalue weighted by Crippen LogP contribution is -2.15. The standard InChI is InChI=1S/C12H9Cl2N3O/c13-9-3-1-2-8(4-9)5-12(18)17-11-6-10(14)15-7-16-11/h1-4,6-7H,5H2,(H,15,16,17,18). The quantitative estimate of drug-likeness (QED) is 0.880. The molecule has 1 N–H and O–H groups in total. The van der Waals surface area contributed by atoms with E-state index in [9.17, 15) is 4.79 Å². The monoisotopic (exact) mass is 281 g/mol. The molecule has 1 aromatic carbocycles. The third kappa shape index (κ3) is 3.68. The first-order valence-electron chi connectivity index (χ1n) is 5.15. The molecule has 92 valence electrons. The van der Waals surface area contributed by atoms with Crippen LogP contribution in [0.5, 0.6) is 0 Å². The molecule has 0 aliphatic rings. The highest BCUT2D eigenvalue weighted by atomic mass is 35.5. The summed E-state index contributed by atoms with van der Waals surface area (Å²) in [6, 6.07) is 8.61. The molecule has 0 atom stereocenters. The predicted octanol–water partition coefficient (Wildman–Crippen LogP) is 2.96. The summed E-state index contributed by atoms with van der Waals surface area (Å²) >= 11 is 11.5. The van der Waals surface area contributed by atoms with Crippen LogP contribution in [0, 0.1) is 0 Å². The number of carbonyl (C=O) groups excluding carboxylic acids is 1. The zero-order valence-corrected chi connectivity index (χ0v) is 10.7. The van der Waals surface area contributed by atoms with E-state index in [0.717, 1.165) is 5.56 Å². The summed E-state index contributed by atoms with van der Waals surface area (Å²) in [6.07, 6.45) is 1.51. The van der Waals surface area contributed by atoms with Crippen molar-refractivity contribution in [3.8, 4) is 0 Å². The van der Waals surface area contributed by atoms with Gasteiger partial charge in [-0.2, -0.15) is 0 Å². The number of carbonyl (C=O) groups is 1. The van der Waals surface area contributed by atoms with Crippen molar-refractivity contribution in [2.75, 3.05) is 5.32 Å². The maximum atomic E-state index is 11.7. The first kappa shape index (κ1) is 12.8. The third-order valence-electron chi connectivity index (χ3n) is 2.15. The normalized spacial score (nSPS) is 10.1. The molecule has 4 nitrogen and oxygen atoms in total. The van der Waals surface area contributed by atoms with Crippen molar-refractivity contribution >= 4 is 34.9 Å². The second kappa shape index (κ2) is 5.80. The number of halogens is 2. The average Bonchev–Trinajstić information content (AvgIpc) is 2.28. The second-order valence-electron chi connectivity index (χ2n) is 3.58. The van der Waals surface area contributed by atoms with E-state index >= 15 is 0 Å². The van der Waals surface area contributed by atoms with Crippen molar-refractivity contribution in [2.24, 2.45) is 0 Å². The molecule has 1 heterocycles. The summed E-state index contributed by atoms with van der Waals surface area (Å²) in [6.45, 7) is 0. The van der Waals surface area contributed by atoms with Gasteiger partial charge in [-0.05, 0) is 17.7 Å². The zero-order valence-electron chi connectivity index (χ0n) is 9.23. The van der Waals surface area contributed by atoms with Crippen LogP contribution in [0.25, 0.3) is 0 Å². The maximum Gasteiger partial charge on any atom is 0.229 e. The molecule has 0 saturated carbocycles. The van der Waals surface area contributed by atoms with E-state index in [1.807, 2.05) is 6.07 Å². The topological polar surface area (TPSA) is 54.9 Å². The van der Waals surface area contributed by atoms with Crippen molar-refractivity contribution in [1.29, 1.82) is 0 Å². The van der Waals surface area contributed by atoms with Crippen molar-refractivity contribution in [1.82, 2.24) is 9.97 Å². The van der Waals surface area contributed by atoms with Crippen LogP contribution in [-0.4, -0.2) is 15.9 Å². The van der Waals surface area contributed by atoms with E-state index in [4.69, 9.17) is 23.2 Å². The fourth-order valence-electron chi connectivity index (χ4n) is 1.42. The van der Waals surface area contributed by atoms with Gasteiger partial charge in [0.25, 0.3) is 0 Å². The van der Waals surface area contributed by atoms with Crippen LogP contribution in [0.3, 0.4) is 0 Å². The van der Waals surface area contributed by atoms with Gasteiger partial charge in [0.05, 0.1) is 6.42 Å². The predicted molar refractivity (Wildman–Crippen MR) is 70.8 cm³/mol. The molecule has 0 aliphatic carbocycles. The van der Waals surface area contributed by atoms with E-state index in [0.29, 0.717) is 10.8 Å². The van der Waals surface area contributed by atoms with Crippen molar-refractivity contribution in [2.45, 2.75) is 6.42 Å². The molecule has 0 bridgehead atoms. The molecular formula is C12H9Cl2N3O. The lowest BCUT2D eigenvalue weighted by Gasteiger charge is -2.04. The minimum Gasteiger partial charge on any atom is -0.310 e. The Labute approximate surface area is 114 Å². The molecule has 6 heteroatoms. The van der Waals surface area contributed by atoms with Gasteiger partial charge < -0.3 is 5.32 Å². The Kier molecular flexibility index (Phi) is 4.12. The van der Waals surface area contributed by atoms with E-state index < -0.39 is 0 Å². The summed E-state index contributed by atoms with van der Waals surface area (Å²) in [7, 11) is 0. The Morgan fingerprint density at radius 2 is 2.06 bits per heavy atom. The van der Waals surface area contributed by atoms with Crippen LogP contribution in [-0.2, 0) is 11.2 Å². The Bertz CT molecular complexity index is 525. The van der Waals surface area contributed by atoms with Crippen LogP contribution in [0.1, 0.15) is 5.56 Å². The van der Waals surface area contributed by atoms with Gasteiger partial charge in [-0.15, -0.1) is 0 Å². The number of aromatic nitrogens is 2. The second-order valence-corrected chi connectivity index (χ2v) is 4.40. The molecule has 1 aromatic heterocycles. The fourth-order valence-corrected chi connectivity index (χ4v) is 1.78. The lowest BCUT2D eigenvalue weighted by molar-refractivity contribution is -0.115. The lowest BCUT2D eigenvalue weighted by atomic mass is 10.1. The van der Waals surface area contributed by atoms with Gasteiger partial charge in [0.2, 0.25) is 5.91 Å². The number of hydrogen-bond donors (Lipinski definition) is 1. The van der Waals surface area contributed by atoms with Crippen LogP contribution in [0.2, 0.25) is 10.2 Å². The number of rotatable bonds is 3. The van der Waals surface area contributed by atoms with Crippen LogP contribution in [0.4, 0.5) is 5.82 Å². The number of anilines is 1. The Morgan fingerprint density at radius 1 is 1.22 bits per heavy atom. The van der Waals surface area contributed by atoms with E-state index in [1.165, 1.54) is 12.4 Å². The van der Waals surface area contributed by atoms with E-state index in [-0.39, 0.29) is 17.5 Å². The Hall–Kier alpha value is -1.65. The van der Waals surface area contributed by atoms with Gasteiger partial charge in [-0.3, -0.25) is 4.79 Å². The van der Waals surface area contributed by atoms with E-state index in [2.05, 4.69) is 15.3 Å². The minimum absolute atomic E-state index is 0.188. The minimum atomic E-state index is -0.188. The number of benzene rings is 1. The van der Waals surface area contributed by atoms with E-state index in [1.54, 1.807) is 18.2 Å². The number of nitrogens with zero attached hydrogens (tertiary/aromatic N) is 2. The molecular weight excluding hydrogens is 273 g/mol. The summed E-state index contributed by atoms with van der Waals surface area (Å²) in [4.78, 5) is 19.4. The fraction of sp³-hybridized carbons (Fsp3) is 0.0833. The van der Waals surface area contributed by atoms with Crippen molar-refractivity contribution < 1.29 is 4.79 Å². The van der Waals surface area contributed by atoms with Gasteiger partial charge in [0.1, 0.15) is 17.3 Å². The summed E-state index contributed by atoms with van der Waals surface area (Å²) in [5.74, 6) is 0.189. The van der Waals surface area contributed by atoms with Crippen LogP contribution in [0.15, 0.2) is 36.7 Å². The molecule has 0 aliphatic heterocycles. The molecule has 2 rings (SSSR count). The average molecular weight is 282 g/mol. The van der Waals surface area contributed by atoms with Gasteiger partial charge in [-0.25, -0.2) is 9.97 Å². The van der Waals surface area contributed by atoms with Crippen molar-refractivity contribution in [3.63, 3.8) is 0 Å². The summed E-state index contributed by atoms with van der Waals surface area (Å²) in [5.41, 5.74) is 0.833. The number of amides is 1.